The number of non-ortho nitro benzene ring substituents is 1. The maximum absolute atomic E-state index is 12.1. The SMILES string of the molecule is O=[N+]([O-])c1ccc(CS(=O)(=O)N[C@@H]2CCCC[C@H]2O)cc1. The fourth-order valence-corrected chi connectivity index (χ4v) is 3.91. The minimum atomic E-state index is -3.58. The van der Waals surface area contributed by atoms with Crippen molar-refractivity contribution in [3.8, 4) is 0 Å². The van der Waals surface area contributed by atoms with Gasteiger partial charge in [-0.05, 0) is 18.4 Å². The van der Waals surface area contributed by atoms with Crippen LogP contribution < -0.4 is 4.72 Å². The first-order chi connectivity index (χ1) is 9.87. The zero-order valence-electron chi connectivity index (χ0n) is 11.4. The van der Waals surface area contributed by atoms with E-state index in [0.717, 1.165) is 12.8 Å². The van der Waals surface area contributed by atoms with Crippen LogP contribution in [0.15, 0.2) is 24.3 Å². The van der Waals surface area contributed by atoms with Crippen molar-refractivity contribution < 1.29 is 18.4 Å². The highest BCUT2D eigenvalue weighted by Crippen LogP contribution is 2.20. The molecule has 0 aromatic heterocycles. The number of nitro benzene ring substituents is 1. The van der Waals surface area contributed by atoms with Gasteiger partial charge in [-0.25, -0.2) is 13.1 Å². The first kappa shape index (κ1) is 15.9. The van der Waals surface area contributed by atoms with E-state index in [1.807, 2.05) is 0 Å². The molecule has 1 fully saturated rings. The first-order valence-corrected chi connectivity index (χ1v) is 8.44. The van der Waals surface area contributed by atoms with Gasteiger partial charge in [0.2, 0.25) is 10.0 Å². The number of nitrogens with one attached hydrogen (secondary N) is 1. The Bertz CT molecular complexity index is 599. The quantitative estimate of drug-likeness (QED) is 0.629. The number of nitro groups is 1. The molecule has 7 nitrogen and oxygen atoms in total. The topological polar surface area (TPSA) is 110 Å². The lowest BCUT2D eigenvalue weighted by Gasteiger charge is -2.28. The highest BCUT2D eigenvalue weighted by Gasteiger charge is 2.27. The molecule has 1 aromatic rings. The Morgan fingerprint density at radius 2 is 1.86 bits per heavy atom. The van der Waals surface area contributed by atoms with Gasteiger partial charge in [-0.2, -0.15) is 0 Å². The lowest BCUT2D eigenvalue weighted by Crippen LogP contribution is -2.45. The minimum absolute atomic E-state index is 0.0770. The normalized spacial score (nSPS) is 22.9. The third-order valence-electron chi connectivity index (χ3n) is 3.56. The van der Waals surface area contributed by atoms with Gasteiger partial charge in [0.25, 0.3) is 5.69 Å². The Kier molecular flexibility index (Phi) is 4.92. The van der Waals surface area contributed by atoms with Gasteiger partial charge in [0.1, 0.15) is 0 Å². The van der Waals surface area contributed by atoms with Crippen molar-refractivity contribution in [1.82, 2.24) is 4.72 Å². The number of hydrogen-bond acceptors (Lipinski definition) is 5. The van der Waals surface area contributed by atoms with Crippen molar-refractivity contribution in [3.05, 3.63) is 39.9 Å². The Hall–Kier alpha value is -1.51. The molecular weight excluding hydrogens is 296 g/mol. The molecule has 2 N–H and O–H groups in total. The van der Waals surface area contributed by atoms with Gasteiger partial charge in [0, 0.05) is 18.2 Å². The van der Waals surface area contributed by atoms with Gasteiger partial charge in [0.15, 0.2) is 0 Å². The average Bonchev–Trinajstić information content (AvgIpc) is 2.41. The van der Waals surface area contributed by atoms with Gasteiger partial charge in [-0.1, -0.05) is 25.0 Å². The predicted octanol–water partition coefficient (Wildman–Crippen LogP) is 1.32. The summed E-state index contributed by atoms with van der Waals surface area (Å²) in [5.41, 5.74) is 0.394. The van der Waals surface area contributed by atoms with E-state index in [1.165, 1.54) is 24.3 Å². The Balaban J connectivity index is 2.01. The molecule has 1 aliphatic carbocycles. The van der Waals surface area contributed by atoms with E-state index in [-0.39, 0.29) is 11.4 Å². The molecule has 0 heterocycles. The van der Waals surface area contributed by atoms with Crippen molar-refractivity contribution in [1.29, 1.82) is 0 Å². The van der Waals surface area contributed by atoms with Crippen LogP contribution in [0.25, 0.3) is 0 Å². The van der Waals surface area contributed by atoms with Gasteiger partial charge in [-0.3, -0.25) is 10.1 Å². The molecule has 0 bridgehead atoms. The molecule has 0 spiro atoms. The molecule has 1 aliphatic rings. The van der Waals surface area contributed by atoms with E-state index in [1.54, 1.807) is 0 Å². The van der Waals surface area contributed by atoms with Gasteiger partial charge in [0.05, 0.1) is 16.8 Å². The maximum atomic E-state index is 12.1. The van der Waals surface area contributed by atoms with E-state index in [4.69, 9.17) is 0 Å². The summed E-state index contributed by atoms with van der Waals surface area (Å²) in [7, 11) is -3.58. The molecule has 1 aromatic carbocycles. The lowest BCUT2D eigenvalue weighted by molar-refractivity contribution is -0.384. The van der Waals surface area contributed by atoms with Gasteiger partial charge < -0.3 is 5.11 Å². The second-order valence-corrected chi connectivity index (χ2v) is 7.01. The summed E-state index contributed by atoms with van der Waals surface area (Å²) in [6.07, 6.45) is 2.37. The maximum Gasteiger partial charge on any atom is 0.269 e. The summed E-state index contributed by atoms with van der Waals surface area (Å²) in [5.74, 6) is -0.256. The number of aliphatic hydroxyl groups is 1. The number of rotatable bonds is 5. The highest BCUT2D eigenvalue weighted by molar-refractivity contribution is 7.88. The van der Waals surface area contributed by atoms with Crippen LogP contribution in [0.1, 0.15) is 31.2 Å². The van der Waals surface area contributed by atoms with Crippen LogP contribution in [0, 0.1) is 10.1 Å². The Morgan fingerprint density at radius 3 is 2.43 bits per heavy atom. The largest absolute Gasteiger partial charge is 0.391 e. The van der Waals surface area contributed by atoms with Crippen LogP contribution in [0.4, 0.5) is 5.69 Å². The van der Waals surface area contributed by atoms with Gasteiger partial charge >= 0.3 is 0 Å². The third kappa shape index (κ3) is 4.48. The van der Waals surface area contributed by atoms with Crippen molar-refractivity contribution >= 4 is 15.7 Å². The standard InChI is InChI=1S/C13H18N2O5S/c16-13-4-2-1-3-12(13)14-21(19,20)9-10-5-7-11(8-6-10)15(17)18/h5-8,12-14,16H,1-4,9H2/t12-,13-/m1/s1. The fourth-order valence-electron chi connectivity index (χ4n) is 2.45. The first-order valence-electron chi connectivity index (χ1n) is 6.79. The van der Waals surface area contributed by atoms with Crippen LogP contribution in [0.5, 0.6) is 0 Å². The molecular formula is C13H18N2O5S. The molecule has 0 aliphatic heterocycles. The molecule has 1 saturated carbocycles. The van der Waals surface area contributed by atoms with Crippen molar-refractivity contribution in [2.24, 2.45) is 0 Å². The van der Waals surface area contributed by atoms with Crippen LogP contribution in [0.2, 0.25) is 0 Å². The van der Waals surface area contributed by atoms with Crippen LogP contribution in [0.3, 0.4) is 0 Å². The minimum Gasteiger partial charge on any atom is -0.391 e. The molecule has 0 unspecified atom stereocenters. The summed E-state index contributed by atoms with van der Waals surface area (Å²) in [6, 6.07) is 4.96. The van der Waals surface area contributed by atoms with Gasteiger partial charge in [-0.15, -0.1) is 0 Å². The summed E-state index contributed by atoms with van der Waals surface area (Å²) >= 11 is 0. The molecule has 0 saturated heterocycles. The smallest absolute Gasteiger partial charge is 0.269 e. The van der Waals surface area contributed by atoms with Crippen molar-refractivity contribution in [2.45, 2.75) is 43.6 Å². The zero-order valence-corrected chi connectivity index (χ0v) is 12.3. The summed E-state index contributed by atoms with van der Waals surface area (Å²) < 4.78 is 26.7. The van der Waals surface area contributed by atoms with Crippen LogP contribution in [-0.4, -0.2) is 30.6 Å². The summed E-state index contributed by atoms with van der Waals surface area (Å²) in [6.45, 7) is 0. The van der Waals surface area contributed by atoms with E-state index < -0.39 is 27.1 Å². The van der Waals surface area contributed by atoms with E-state index >= 15 is 0 Å². The van der Waals surface area contributed by atoms with E-state index in [0.29, 0.717) is 18.4 Å². The number of benzene rings is 1. The van der Waals surface area contributed by atoms with Crippen molar-refractivity contribution in [2.75, 3.05) is 0 Å². The lowest BCUT2D eigenvalue weighted by atomic mass is 9.93. The Labute approximate surface area is 123 Å². The molecule has 0 amide bonds. The number of nitrogens with zero attached hydrogens (tertiary/aromatic N) is 1. The second-order valence-electron chi connectivity index (χ2n) is 5.26. The monoisotopic (exact) mass is 314 g/mol. The molecule has 8 heteroatoms. The number of sulfonamides is 1. The highest BCUT2D eigenvalue weighted by atomic mass is 32.2. The van der Waals surface area contributed by atoms with Crippen LogP contribution in [-0.2, 0) is 15.8 Å². The molecule has 2 rings (SSSR count). The van der Waals surface area contributed by atoms with E-state index in [9.17, 15) is 23.6 Å². The predicted molar refractivity (Wildman–Crippen MR) is 77.1 cm³/mol. The Morgan fingerprint density at radius 1 is 1.24 bits per heavy atom. The fraction of sp³-hybridized carbons (Fsp3) is 0.538. The molecule has 116 valence electrons. The molecule has 21 heavy (non-hydrogen) atoms. The summed E-state index contributed by atoms with van der Waals surface area (Å²) in [4.78, 5) is 10.0. The second kappa shape index (κ2) is 6.50. The number of hydrogen-bond donors (Lipinski definition) is 2. The summed E-state index contributed by atoms with van der Waals surface area (Å²) in [5, 5.41) is 20.3. The number of aliphatic hydroxyl groups excluding tert-OH is 1. The average molecular weight is 314 g/mol. The third-order valence-corrected chi connectivity index (χ3v) is 4.94. The van der Waals surface area contributed by atoms with Crippen LogP contribution >= 0.6 is 0 Å². The van der Waals surface area contributed by atoms with E-state index in [2.05, 4.69) is 4.72 Å². The zero-order chi connectivity index (χ0) is 15.5. The molecule has 0 radical (unpaired) electrons. The van der Waals surface area contributed by atoms with Crippen molar-refractivity contribution in [3.63, 3.8) is 0 Å². The molecule has 2 atom stereocenters.